The highest BCUT2D eigenvalue weighted by atomic mass is 28.3. The summed E-state index contributed by atoms with van der Waals surface area (Å²) in [7, 11) is -0.967. The van der Waals surface area contributed by atoms with Gasteiger partial charge in [0.1, 0.15) is 12.6 Å². The molecule has 17 heavy (non-hydrogen) atoms. The van der Waals surface area contributed by atoms with Gasteiger partial charge in [0.25, 0.3) is 0 Å². The van der Waals surface area contributed by atoms with Crippen LogP contribution in [0.3, 0.4) is 0 Å². The molecule has 0 saturated heterocycles. The molecule has 1 N–H and O–H groups in total. The Morgan fingerprint density at radius 1 is 1.29 bits per heavy atom. The van der Waals surface area contributed by atoms with Gasteiger partial charge in [-0.2, -0.15) is 0 Å². The molecule has 1 atom stereocenters. The SMILES string of the molecule is CCNC(=NCOCC[Si](C)(C)C)C(C)CC. The highest BCUT2D eigenvalue weighted by Gasteiger charge is 2.12. The van der Waals surface area contributed by atoms with E-state index >= 15 is 0 Å². The molecule has 0 radical (unpaired) electrons. The van der Waals surface area contributed by atoms with E-state index in [4.69, 9.17) is 4.74 Å². The van der Waals surface area contributed by atoms with Crippen LogP contribution >= 0.6 is 0 Å². The van der Waals surface area contributed by atoms with E-state index in [0.717, 1.165) is 25.4 Å². The predicted molar refractivity (Wildman–Crippen MR) is 79.5 cm³/mol. The Labute approximate surface area is 108 Å². The molecule has 0 rings (SSSR count). The molecule has 1 unspecified atom stereocenters. The summed E-state index contributed by atoms with van der Waals surface area (Å²) >= 11 is 0. The smallest absolute Gasteiger partial charge is 0.139 e. The summed E-state index contributed by atoms with van der Waals surface area (Å²) in [4.78, 5) is 4.50. The average Bonchev–Trinajstić information content (AvgIpc) is 2.24. The zero-order valence-electron chi connectivity index (χ0n) is 12.5. The Morgan fingerprint density at radius 3 is 2.41 bits per heavy atom. The van der Waals surface area contributed by atoms with Crippen molar-refractivity contribution in [2.75, 3.05) is 19.9 Å². The molecule has 0 amide bonds. The largest absolute Gasteiger partial charge is 0.374 e. The molecule has 0 aromatic carbocycles. The first-order chi connectivity index (χ1) is 7.90. The summed E-state index contributed by atoms with van der Waals surface area (Å²) < 4.78 is 5.59. The van der Waals surface area contributed by atoms with Crippen molar-refractivity contribution in [2.24, 2.45) is 10.9 Å². The Hall–Kier alpha value is -0.353. The fraction of sp³-hybridized carbons (Fsp3) is 0.923. The van der Waals surface area contributed by atoms with Crippen LogP contribution < -0.4 is 5.32 Å². The molecule has 0 bridgehead atoms. The number of hydrogen-bond acceptors (Lipinski definition) is 2. The standard InChI is InChI=1S/C13H30N2OSi/c1-7-12(3)13(14-8-2)15-11-16-9-10-17(4,5)6/h12H,7-11H2,1-6H3,(H,14,15). The first-order valence-corrected chi connectivity index (χ1v) is 10.5. The number of nitrogens with zero attached hydrogens (tertiary/aromatic N) is 1. The third kappa shape index (κ3) is 9.36. The van der Waals surface area contributed by atoms with E-state index in [1.807, 2.05) is 0 Å². The fourth-order valence-electron chi connectivity index (χ4n) is 1.32. The van der Waals surface area contributed by atoms with Gasteiger partial charge in [-0.05, 0) is 19.4 Å². The van der Waals surface area contributed by atoms with Crippen molar-refractivity contribution in [1.82, 2.24) is 5.32 Å². The van der Waals surface area contributed by atoms with Gasteiger partial charge in [-0.3, -0.25) is 0 Å². The number of nitrogens with one attached hydrogen (secondary N) is 1. The van der Waals surface area contributed by atoms with Gasteiger partial charge < -0.3 is 10.1 Å². The van der Waals surface area contributed by atoms with E-state index < -0.39 is 8.07 Å². The van der Waals surface area contributed by atoms with E-state index in [9.17, 15) is 0 Å². The van der Waals surface area contributed by atoms with E-state index in [1.54, 1.807) is 0 Å². The minimum atomic E-state index is -0.967. The molecule has 0 spiro atoms. The van der Waals surface area contributed by atoms with Crippen molar-refractivity contribution in [2.45, 2.75) is 52.9 Å². The topological polar surface area (TPSA) is 33.6 Å². The van der Waals surface area contributed by atoms with Crippen LogP contribution in [-0.4, -0.2) is 33.8 Å². The molecule has 0 aromatic heterocycles. The van der Waals surface area contributed by atoms with E-state index in [1.165, 1.54) is 6.04 Å². The average molecular weight is 258 g/mol. The lowest BCUT2D eigenvalue weighted by molar-refractivity contribution is 0.155. The Kier molecular flexibility index (Phi) is 8.52. The van der Waals surface area contributed by atoms with Crippen molar-refractivity contribution >= 4 is 13.9 Å². The van der Waals surface area contributed by atoms with Gasteiger partial charge in [0.2, 0.25) is 0 Å². The zero-order valence-corrected chi connectivity index (χ0v) is 13.5. The lowest BCUT2D eigenvalue weighted by Gasteiger charge is -2.16. The summed E-state index contributed by atoms with van der Waals surface area (Å²) in [6.45, 7) is 15.8. The lowest BCUT2D eigenvalue weighted by Crippen LogP contribution is -2.29. The predicted octanol–water partition coefficient (Wildman–Crippen LogP) is 3.35. The molecule has 3 nitrogen and oxygen atoms in total. The molecule has 0 aromatic rings. The molecule has 0 aliphatic heterocycles. The van der Waals surface area contributed by atoms with Crippen molar-refractivity contribution in [3.05, 3.63) is 0 Å². The quantitative estimate of drug-likeness (QED) is 0.313. The minimum Gasteiger partial charge on any atom is -0.374 e. The van der Waals surface area contributed by atoms with Gasteiger partial charge in [-0.15, -0.1) is 0 Å². The van der Waals surface area contributed by atoms with E-state index in [0.29, 0.717) is 12.6 Å². The second-order valence-corrected chi connectivity index (χ2v) is 11.4. The summed E-state index contributed by atoms with van der Waals surface area (Å²) in [5, 5.41) is 3.32. The van der Waals surface area contributed by atoms with Crippen LogP contribution in [0.25, 0.3) is 0 Å². The number of amidine groups is 1. The Balaban J connectivity index is 3.92. The molecule has 4 heteroatoms. The summed E-state index contributed by atoms with van der Waals surface area (Å²) in [5.74, 6) is 1.58. The van der Waals surface area contributed by atoms with Gasteiger partial charge in [0.05, 0.1) is 0 Å². The molecule has 0 aliphatic carbocycles. The van der Waals surface area contributed by atoms with Gasteiger partial charge in [-0.1, -0.05) is 33.5 Å². The van der Waals surface area contributed by atoms with Gasteiger partial charge in [0, 0.05) is 27.1 Å². The molecular formula is C13H30N2OSi. The molecule has 0 aliphatic rings. The van der Waals surface area contributed by atoms with Crippen molar-refractivity contribution in [1.29, 1.82) is 0 Å². The maximum atomic E-state index is 5.59. The third-order valence-corrected chi connectivity index (χ3v) is 4.46. The van der Waals surface area contributed by atoms with Crippen LogP contribution in [0.15, 0.2) is 4.99 Å². The van der Waals surface area contributed by atoms with Crippen molar-refractivity contribution in [3.63, 3.8) is 0 Å². The normalized spacial score (nSPS) is 14.8. The molecule has 0 fully saturated rings. The summed E-state index contributed by atoms with van der Waals surface area (Å²) in [5.41, 5.74) is 0. The highest BCUT2D eigenvalue weighted by Crippen LogP contribution is 2.07. The van der Waals surface area contributed by atoms with Gasteiger partial charge in [0.15, 0.2) is 0 Å². The lowest BCUT2D eigenvalue weighted by atomic mass is 10.1. The van der Waals surface area contributed by atoms with Crippen LogP contribution in [0.1, 0.15) is 27.2 Å². The zero-order chi connectivity index (χ0) is 13.3. The van der Waals surface area contributed by atoms with Crippen LogP contribution in [0.4, 0.5) is 0 Å². The summed E-state index contributed by atoms with van der Waals surface area (Å²) in [6.07, 6.45) is 1.11. The first kappa shape index (κ1) is 16.6. The van der Waals surface area contributed by atoms with Crippen LogP contribution in [0, 0.1) is 5.92 Å². The molecular weight excluding hydrogens is 228 g/mol. The number of aliphatic imine (C=N–C) groups is 1. The van der Waals surface area contributed by atoms with Crippen LogP contribution in [0.5, 0.6) is 0 Å². The van der Waals surface area contributed by atoms with Crippen molar-refractivity contribution in [3.8, 4) is 0 Å². The molecule has 0 heterocycles. The minimum absolute atomic E-state index is 0.496. The molecule has 102 valence electrons. The van der Waals surface area contributed by atoms with E-state index in [2.05, 4.69) is 50.7 Å². The maximum Gasteiger partial charge on any atom is 0.139 e. The second kappa shape index (κ2) is 8.70. The fourth-order valence-corrected chi connectivity index (χ4v) is 2.08. The van der Waals surface area contributed by atoms with Gasteiger partial charge >= 0.3 is 0 Å². The number of ether oxygens (including phenoxy) is 1. The Morgan fingerprint density at radius 2 is 1.94 bits per heavy atom. The van der Waals surface area contributed by atoms with Crippen LogP contribution in [0.2, 0.25) is 25.7 Å². The highest BCUT2D eigenvalue weighted by molar-refractivity contribution is 6.76. The van der Waals surface area contributed by atoms with Gasteiger partial charge in [-0.25, -0.2) is 4.99 Å². The Bertz CT molecular complexity index is 224. The number of rotatable bonds is 8. The van der Waals surface area contributed by atoms with Crippen molar-refractivity contribution < 1.29 is 4.74 Å². The van der Waals surface area contributed by atoms with Crippen LogP contribution in [-0.2, 0) is 4.74 Å². The second-order valence-electron chi connectivity index (χ2n) is 5.73. The maximum absolute atomic E-state index is 5.59. The first-order valence-electron chi connectivity index (χ1n) is 6.76. The number of hydrogen-bond donors (Lipinski definition) is 1. The monoisotopic (exact) mass is 258 g/mol. The summed E-state index contributed by atoms with van der Waals surface area (Å²) in [6, 6.07) is 1.21. The molecule has 0 saturated carbocycles. The third-order valence-electron chi connectivity index (χ3n) is 2.76. The van der Waals surface area contributed by atoms with E-state index in [-0.39, 0.29) is 0 Å².